The second-order valence-electron chi connectivity index (χ2n) is 4.78. The van der Waals surface area contributed by atoms with Gasteiger partial charge in [0.05, 0.1) is 22.5 Å². The van der Waals surface area contributed by atoms with Crippen molar-refractivity contribution in [3.8, 4) is 5.75 Å². The molecule has 0 heterocycles. The average Bonchev–Trinajstić information content (AvgIpc) is 2.37. The number of hydrogen-bond acceptors (Lipinski definition) is 3. The lowest BCUT2D eigenvalue weighted by Crippen LogP contribution is -2.22. The molecule has 0 amide bonds. The number of benzene rings is 1. The van der Waals surface area contributed by atoms with Gasteiger partial charge in [-0.1, -0.05) is 19.3 Å². The first-order valence-electron chi connectivity index (χ1n) is 6.69. The van der Waals surface area contributed by atoms with E-state index in [1.54, 1.807) is 0 Å². The lowest BCUT2D eigenvalue weighted by Gasteiger charge is -2.25. The van der Waals surface area contributed by atoms with Crippen molar-refractivity contribution in [2.24, 2.45) is 0 Å². The van der Waals surface area contributed by atoms with Crippen molar-refractivity contribution in [1.82, 2.24) is 0 Å². The highest BCUT2D eigenvalue weighted by Gasteiger charge is 2.15. The molecule has 1 aliphatic carbocycles. The van der Waals surface area contributed by atoms with Crippen molar-refractivity contribution in [1.29, 1.82) is 0 Å². The van der Waals surface area contributed by atoms with E-state index >= 15 is 0 Å². The van der Waals surface area contributed by atoms with E-state index in [-0.39, 0.29) is 0 Å². The highest BCUT2D eigenvalue weighted by molar-refractivity contribution is 9.10. The summed E-state index contributed by atoms with van der Waals surface area (Å²) < 4.78 is 6.49. The van der Waals surface area contributed by atoms with Gasteiger partial charge in [-0.25, -0.2) is 0 Å². The second-order valence-corrected chi connectivity index (χ2v) is 5.64. The van der Waals surface area contributed by atoms with Gasteiger partial charge in [0.15, 0.2) is 0 Å². The number of nitrogen functional groups attached to an aromatic ring is 1. The normalized spacial score (nSPS) is 16.6. The third-order valence-corrected chi connectivity index (χ3v) is 3.99. The van der Waals surface area contributed by atoms with E-state index in [1.165, 1.54) is 32.1 Å². The maximum Gasteiger partial charge on any atom is 0.135 e. The van der Waals surface area contributed by atoms with Gasteiger partial charge >= 0.3 is 0 Å². The lowest BCUT2D eigenvalue weighted by molar-refractivity contribution is 0.338. The highest BCUT2D eigenvalue weighted by Crippen LogP contribution is 2.34. The second kappa shape index (κ2) is 6.32. The summed E-state index contributed by atoms with van der Waals surface area (Å²) in [5, 5.41) is 3.55. The molecule has 4 heteroatoms. The molecule has 2 rings (SSSR count). The zero-order chi connectivity index (χ0) is 13.0. The van der Waals surface area contributed by atoms with Gasteiger partial charge in [-0.15, -0.1) is 0 Å². The predicted molar refractivity (Wildman–Crippen MR) is 80.2 cm³/mol. The number of ether oxygens (including phenoxy) is 1. The Balaban J connectivity index is 2.12. The van der Waals surface area contributed by atoms with E-state index in [9.17, 15) is 0 Å². The van der Waals surface area contributed by atoms with Crippen LogP contribution in [-0.2, 0) is 0 Å². The molecule has 1 aliphatic rings. The van der Waals surface area contributed by atoms with Crippen LogP contribution in [0.4, 0.5) is 11.4 Å². The van der Waals surface area contributed by atoms with Gasteiger partial charge in [-0.05, 0) is 41.8 Å². The maximum atomic E-state index is 6.06. The van der Waals surface area contributed by atoms with Crippen LogP contribution >= 0.6 is 15.9 Å². The molecule has 0 spiro atoms. The van der Waals surface area contributed by atoms with E-state index in [1.807, 2.05) is 19.1 Å². The van der Waals surface area contributed by atoms with Gasteiger partial charge in [0.1, 0.15) is 5.75 Å². The molecule has 0 saturated heterocycles. The average molecular weight is 313 g/mol. The lowest BCUT2D eigenvalue weighted by atomic mass is 9.95. The molecule has 100 valence electrons. The van der Waals surface area contributed by atoms with Crippen molar-refractivity contribution < 1.29 is 4.74 Å². The molecular formula is C14H21BrN2O. The largest absolute Gasteiger partial charge is 0.493 e. The van der Waals surface area contributed by atoms with E-state index in [0.29, 0.717) is 12.6 Å². The molecule has 1 aromatic carbocycles. The fourth-order valence-electron chi connectivity index (χ4n) is 2.43. The smallest absolute Gasteiger partial charge is 0.135 e. The summed E-state index contributed by atoms with van der Waals surface area (Å²) in [6.07, 6.45) is 6.45. The molecule has 0 aromatic heterocycles. The number of nitrogens with two attached hydrogens (primary N) is 1. The van der Waals surface area contributed by atoms with Crippen molar-refractivity contribution in [3.05, 3.63) is 16.6 Å². The third-order valence-electron chi connectivity index (χ3n) is 3.37. The molecule has 1 saturated carbocycles. The van der Waals surface area contributed by atoms with Crippen LogP contribution in [0.25, 0.3) is 0 Å². The van der Waals surface area contributed by atoms with Crippen LogP contribution in [0, 0.1) is 0 Å². The molecule has 0 atom stereocenters. The molecule has 1 aromatic rings. The Bertz CT molecular complexity index is 403. The number of anilines is 2. The quantitative estimate of drug-likeness (QED) is 0.820. The van der Waals surface area contributed by atoms with Gasteiger partial charge in [0.2, 0.25) is 0 Å². The van der Waals surface area contributed by atoms with E-state index in [0.717, 1.165) is 21.6 Å². The fourth-order valence-corrected chi connectivity index (χ4v) is 2.90. The zero-order valence-corrected chi connectivity index (χ0v) is 12.4. The molecule has 18 heavy (non-hydrogen) atoms. The molecule has 3 nitrogen and oxygen atoms in total. The van der Waals surface area contributed by atoms with Crippen molar-refractivity contribution in [3.63, 3.8) is 0 Å². The Hall–Kier alpha value is -0.900. The summed E-state index contributed by atoms with van der Waals surface area (Å²) in [5.41, 5.74) is 7.82. The van der Waals surface area contributed by atoms with Crippen molar-refractivity contribution in [2.45, 2.75) is 45.1 Å². The number of rotatable bonds is 4. The third kappa shape index (κ3) is 3.31. The fraction of sp³-hybridized carbons (Fsp3) is 0.571. The minimum Gasteiger partial charge on any atom is -0.493 e. The Morgan fingerprint density at radius 1 is 1.33 bits per heavy atom. The molecule has 1 fully saturated rings. The van der Waals surface area contributed by atoms with Crippen LogP contribution in [-0.4, -0.2) is 12.6 Å². The maximum absolute atomic E-state index is 6.06. The van der Waals surface area contributed by atoms with E-state index < -0.39 is 0 Å². The minimum atomic E-state index is 0.553. The topological polar surface area (TPSA) is 47.3 Å². The Kier molecular flexibility index (Phi) is 4.75. The monoisotopic (exact) mass is 312 g/mol. The predicted octanol–water partition coefficient (Wildman–Crippen LogP) is 4.17. The van der Waals surface area contributed by atoms with Crippen LogP contribution < -0.4 is 15.8 Å². The number of hydrogen-bond donors (Lipinski definition) is 2. The SMILES string of the molecule is CCOc1cc(NC2CCCCC2)c(N)cc1Br. The van der Waals surface area contributed by atoms with Gasteiger partial charge < -0.3 is 15.8 Å². The molecule has 0 radical (unpaired) electrons. The van der Waals surface area contributed by atoms with E-state index in [4.69, 9.17) is 10.5 Å². The van der Waals surface area contributed by atoms with Crippen molar-refractivity contribution in [2.75, 3.05) is 17.7 Å². The molecule has 0 unspecified atom stereocenters. The van der Waals surface area contributed by atoms with Crippen LogP contribution in [0.15, 0.2) is 16.6 Å². The first kappa shape index (κ1) is 13.5. The summed E-state index contributed by atoms with van der Waals surface area (Å²) in [6.45, 7) is 2.64. The summed E-state index contributed by atoms with van der Waals surface area (Å²) in [5.74, 6) is 0.852. The zero-order valence-electron chi connectivity index (χ0n) is 10.8. The van der Waals surface area contributed by atoms with Gasteiger partial charge in [0.25, 0.3) is 0 Å². The van der Waals surface area contributed by atoms with Gasteiger partial charge in [0, 0.05) is 12.1 Å². The number of halogens is 1. The minimum absolute atomic E-state index is 0.553. The highest BCUT2D eigenvalue weighted by atomic mass is 79.9. The van der Waals surface area contributed by atoms with Gasteiger partial charge in [-0.2, -0.15) is 0 Å². The molecule has 3 N–H and O–H groups in total. The standard InChI is InChI=1S/C14H21BrN2O/c1-2-18-14-9-13(12(16)8-11(14)15)17-10-6-4-3-5-7-10/h8-10,17H,2-7,16H2,1H3. The summed E-state index contributed by atoms with van der Waals surface area (Å²) >= 11 is 3.47. The Morgan fingerprint density at radius 2 is 2.06 bits per heavy atom. The first-order valence-corrected chi connectivity index (χ1v) is 7.48. The molecule has 0 bridgehead atoms. The molecule has 0 aliphatic heterocycles. The van der Waals surface area contributed by atoms with Crippen LogP contribution in [0.5, 0.6) is 5.75 Å². The summed E-state index contributed by atoms with van der Waals surface area (Å²) in [6, 6.07) is 4.46. The van der Waals surface area contributed by atoms with Crippen LogP contribution in [0.1, 0.15) is 39.0 Å². The van der Waals surface area contributed by atoms with Crippen LogP contribution in [0.3, 0.4) is 0 Å². The molecular weight excluding hydrogens is 292 g/mol. The first-order chi connectivity index (χ1) is 8.70. The van der Waals surface area contributed by atoms with Crippen molar-refractivity contribution >= 4 is 27.3 Å². The van der Waals surface area contributed by atoms with Crippen LogP contribution in [0.2, 0.25) is 0 Å². The summed E-state index contributed by atoms with van der Waals surface area (Å²) in [4.78, 5) is 0. The Morgan fingerprint density at radius 3 is 2.72 bits per heavy atom. The van der Waals surface area contributed by atoms with Gasteiger partial charge in [-0.3, -0.25) is 0 Å². The Labute approximate surface area is 117 Å². The van der Waals surface area contributed by atoms with E-state index in [2.05, 4.69) is 21.2 Å². The number of nitrogens with one attached hydrogen (secondary N) is 1. The summed E-state index contributed by atoms with van der Waals surface area (Å²) in [7, 11) is 0.